The lowest BCUT2D eigenvalue weighted by atomic mass is 10.2. The number of amides is 1. The van der Waals surface area contributed by atoms with Gasteiger partial charge >= 0.3 is 5.97 Å². The van der Waals surface area contributed by atoms with Gasteiger partial charge in [0, 0.05) is 12.1 Å². The Hall–Kier alpha value is -2.73. The monoisotopic (exact) mass is 461 g/mol. The topological polar surface area (TPSA) is 159 Å². The van der Waals surface area contributed by atoms with E-state index in [-0.39, 0.29) is 27.0 Å². The number of non-ortho nitro benzene ring substituents is 1. The fourth-order valence-electron chi connectivity index (χ4n) is 2.09. The van der Waals surface area contributed by atoms with Crippen molar-refractivity contribution < 1.29 is 27.7 Å². The van der Waals surface area contributed by atoms with Crippen LogP contribution in [0, 0.1) is 10.1 Å². The van der Waals surface area contributed by atoms with E-state index in [0.717, 1.165) is 24.3 Å². The van der Waals surface area contributed by atoms with Crippen LogP contribution < -0.4 is 10.5 Å². The summed E-state index contributed by atoms with van der Waals surface area (Å²) in [6.45, 7) is 1.25. The van der Waals surface area contributed by atoms with Gasteiger partial charge in [0.05, 0.1) is 26.2 Å². The van der Waals surface area contributed by atoms with E-state index in [0.29, 0.717) is 0 Å². The average Bonchev–Trinajstić information content (AvgIpc) is 2.62. The van der Waals surface area contributed by atoms with Crippen molar-refractivity contribution in [3.05, 3.63) is 62.1 Å². The summed E-state index contributed by atoms with van der Waals surface area (Å²) in [6, 6.07) is 6.70. The molecule has 0 bridgehead atoms. The maximum absolute atomic E-state index is 12.2. The van der Waals surface area contributed by atoms with Gasteiger partial charge in [-0.1, -0.05) is 23.2 Å². The molecule has 3 N–H and O–H groups in total. The summed E-state index contributed by atoms with van der Waals surface area (Å²) >= 11 is 11.6. The van der Waals surface area contributed by atoms with Crippen LogP contribution in [0.5, 0.6) is 0 Å². The van der Waals surface area contributed by atoms with Crippen LogP contribution >= 0.6 is 23.2 Å². The second kappa shape index (κ2) is 8.74. The van der Waals surface area contributed by atoms with E-state index < -0.39 is 37.8 Å². The molecule has 10 nitrogen and oxygen atoms in total. The van der Waals surface area contributed by atoms with Crippen LogP contribution in [0.25, 0.3) is 0 Å². The van der Waals surface area contributed by atoms with Crippen molar-refractivity contribution in [2.45, 2.75) is 17.9 Å². The zero-order valence-electron chi connectivity index (χ0n) is 14.6. The van der Waals surface area contributed by atoms with Gasteiger partial charge < -0.3 is 10.1 Å². The van der Waals surface area contributed by atoms with Crippen LogP contribution in [0.15, 0.2) is 41.3 Å². The molecular weight excluding hydrogens is 449 g/mol. The molecule has 0 radical (unpaired) electrons. The van der Waals surface area contributed by atoms with Crippen molar-refractivity contribution >= 4 is 56.5 Å². The Kier molecular flexibility index (Phi) is 6.80. The maximum Gasteiger partial charge on any atom is 0.338 e. The summed E-state index contributed by atoms with van der Waals surface area (Å²) in [7, 11) is -4.18. The second-order valence-corrected chi connectivity index (χ2v) is 7.99. The molecule has 0 heterocycles. The molecule has 0 spiro atoms. The standard InChI is InChI=1S/C16H13Cl2N3O7S/c1-8(15(22)20-13-7-10(21(24)25)3-5-11(13)17)28-16(23)9-2-4-12(18)14(6-9)29(19,26)27/h2-8H,1H3,(H,20,22)(H2,19,26,27)/t8-/m0/s1. The molecular formula is C16H13Cl2N3O7S. The third-order valence-corrected chi connectivity index (χ3v) is 5.27. The third-order valence-electron chi connectivity index (χ3n) is 3.55. The molecule has 0 aliphatic rings. The Bertz CT molecular complexity index is 1110. The van der Waals surface area contributed by atoms with Crippen LogP contribution in [-0.4, -0.2) is 31.3 Å². The quantitative estimate of drug-likeness (QED) is 0.379. The van der Waals surface area contributed by atoms with Gasteiger partial charge in [0.25, 0.3) is 11.6 Å². The zero-order chi connectivity index (χ0) is 21.9. The fraction of sp³-hybridized carbons (Fsp3) is 0.125. The molecule has 0 aromatic heterocycles. The van der Waals surface area contributed by atoms with E-state index in [1.807, 2.05) is 0 Å². The molecule has 0 saturated carbocycles. The largest absolute Gasteiger partial charge is 0.449 e. The summed E-state index contributed by atoms with van der Waals surface area (Å²) in [5.74, 6) is -1.83. The van der Waals surface area contributed by atoms with Gasteiger partial charge in [-0.25, -0.2) is 18.4 Å². The molecule has 13 heteroatoms. The summed E-state index contributed by atoms with van der Waals surface area (Å²) in [6.07, 6.45) is -1.34. The molecule has 0 saturated heterocycles. The first kappa shape index (κ1) is 22.6. The van der Waals surface area contributed by atoms with Gasteiger partial charge in [-0.3, -0.25) is 14.9 Å². The molecule has 2 rings (SSSR count). The van der Waals surface area contributed by atoms with Crippen LogP contribution in [0.2, 0.25) is 10.0 Å². The van der Waals surface area contributed by atoms with Crippen molar-refractivity contribution in [2.24, 2.45) is 5.14 Å². The molecule has 29 heavy (non-hydrogen) atoms. The summed E-state index contributed by atoms with van der Waals surface area (Å²) < 4.78 is 28.0. The van der Waals surface area contributed by atoms with E-state index in [1.54, 1.807) is 0 Å². The second-order valence-electron chi connectivity index (χ2n) is 5.65. The van der Waals surface area contributed by atoms with Gasteiger partial charge in [0.15, 0.2) is 6.10 Å². The normalized spacial score (nSPS) is 12.1. The Balaban J connectivity index is 2.15. The van der Waals surface area contributed by atoms with Crippen molar-refractivity contribution in [3.8, 4) is 0 Å². The van der Waals surface area contributed by atoms with Crippen molar-refractivity contribution in [1.82, 2.24) is 0 Å². The first-order valence-electron chi connectivity index (χ1n) is 7.68. The molecule has 0 aliphatic heterocycles. The highest BCUT2D eigenvalue weighted by Gasteiger charge is 2.23. The minimum Gasteiger partial charge on any atom is -0.449 e. The number of primary sulfonamides is 1. The first-order chi connectivity index (χ1) is 13.4. The molecule has 0 fully saturated rings. The maximum atomic E-state index is 12.2. The van der Waals surface area contributed by atoms with Gasteiger partial charge in [0.2, 0.25) is 10.0 Å². The Morgan fingerprint density at radius 2 is 1.79 bits per heavy atom. The van der Waals surface area contributed by atoms with Crippen molar-refractivity contribution in [3.63, 3.8) is 0 Å². The van der Waals surface area contributed by atoms with Gasteiger partial charge in [-0.15, -0.1) is 0 Å². The first-order valence-corrected chi connectivity index (χ1v) is 9.98. The van der Waals surface area contributed by atoms with Crippen molar-refractivity contribution in [2.75, 3.05) is 5.32 Å². The Morgan fingerprint density at radius 3 is 2.38 bits per heavy atom. The predicted octanol–water partition coefficient (Wildman–Crippen LogP) is 2.73. The minimum absolute atomic E-state index is 0.0398. The smallest absolute Gasteiger partial charge is 0.338 e. The van der Waals surface area contributed by atoms with Crippen LogP contribution in [0.1, 0.15) is 17.3 Å². The summed E-state index contributed by atoms with van der Waals surface area (Å²) in [5.41, 5.74) is -0.547. The number of nitro groups is 1. The predicted molar refractivity (Wildman–Crippen MR) is 104 cm³/mol. The van der Waals surface area contributed by atoms with Gasteiger partial charge in [-0.05, 0) is 31.2 Å². The molecule has 2 aromatic rings. The van der Waals surface area contributed by atoms with E-state index in [1.165, 1.54) is 19.1 Å². The number of benzene rings is 2. The Morgan fingerprint density at radius 1 is 1.17 bits per heavy atom. The van der Waals surface area contributed by atoms with Crippen molar-refractivity contribution in [1.29, 1.82) is 0 Å². The highest BCUT2D eigenvalue weighted by Crippen LogP contribution is 2.27. The molecule has 1 amide bonds. The molecule has 0 aliphatic carbocycles. The summed E-state index contributed by atoms with van der Waals surface area (Å²) in [5, 5.41) is 18.0. The molecule has 0 unspecified atom stereocenters. The number of carbonyl (C=O) groups is 2. The average molecular weight is 462 g/mol. The molecule has 154 valence electrons. The fourth-order valence-corrected chi connectivity index (χ4v) is 3.32. The van der Waals surface area contributed by atoms with Crippen LogP contribution in [-0.2, 0) is 19.6 Å². The number of halogens is 2. The molecule has 1 atom stereocenters. The molecule has 2 aromatic carbocycles. The number of nitro benzene ring substituents is 1. The minimum atomic E-state index is -4.18. The number of nitrogens with two attached hydrogens (primary N) is 1. The number of anilines is 1. The number of nitrogens with zero attached hydrogens (tertiary/aromatic N) is 1. The van der Waals surface area contributed by atoms with E-state index in [4.69, 9.17) is 33.1 Å². The van der Waals surface area contributed by atoms with Gasteiger partial charge in [-0.2, -0.15) is 0 Å². The number of carbonyl (C=O) groups excluding carboxylic acids is 2. The number of nitrogens with one attached hydrogen (secondary N) is 1. The number of esters is 1. The lowest BCUT2D eigenvalue weighted by Gasteiger charge is -2.14. The highest BCUT2D eigenvalue weighted by molar-refractivity contribution is 7.89. The number of ether oxygens (including phenoxy) is 1. The zero-order valence-corrected chi connectivity index (χ0v) is 16.9. The van der Waals surface area contributed by atoms with Crippen LogP contribution in [0.4, 0.5) is 11.4 Å². The van der Waals surface area contributed by atoms with E-state index >= 15 is 0 Å². The Labute approximate surface area is 174 Å². The van der Waals surface area contributed by atoms with Gasteiger partial charge in [0.1, 0.15) is 4.90 Å². The SMILES string of the molecule is C[C@H](OC(=O)c1ccc(Cl)c(S(N)(=O)=O)c1)C(=O)Nc1cc([N+](=O)[O-])ccc1Cl. The third kappa shape index (κ3) is 5.64. The highest BCUT2D eigenvalue weighted by atomic mass is 35.5. The lowest BCUT2D eigenvalue weighted by molar-refractivity contribution is -0.384. The van der Waals surface area contributed by atoms with E-state index in [2.05, 4.69) is 5.32 Å². The number of rotatable bonds is 6. The number of hydrogen-bond acceptors (Lipinski definition) is 7. The summed E-state index contributed by atoms with van der Waals surface area (Å²) in [4.78, 5) is 34.1. The number of hydrogen-bond donors (Lipinski definition) is 2. The lowest BCUT2D eigenvalue weighted by Crippen LogP contribution is -2.30. The van der Waals surface area contributed by atoms with E-state index in [9.17, 15) is 28.1 Å². The number of sulfonamides is 1. The van der Waals surface area contributed by atoms with Crippen LogP contribution in [0.3, 0.4) is 0 Å².